The zero-order valence-electron chi connectivity index (χ0n) is 12.7. The smallest absolute Gasteiger partial charge is 0.394 e. The molecule has 0 radical (unpaired) electrons. The summed E-state index contributed by atoms with van der Waals surface area (Å²) in [6, 6.07) is 7.09. The van der Waals surface area contributed by atoms with E-state index in [4.69, 9.17) is 9.52 Å². The first kappa shape index (κ1) is 15.7. The van der Waals surface area contributed by atoms with E-state index in [2.05, 4.69) is 9.97 Å². The monoisotopic (exact) mass is 351 g/mol. The second-order valence-corrected chi connectivity index (χ2v) is 5.97. The van der Waals surface area contributed by atoms with E-state index in [0.717, 1.165) is 5.39 Å². The Morgan fingerprint density at radius 3 is 2.68 bits per heavy atom. The fraction of sp³-hybridized carbons (Fsp3) is 0.312. The third-order valence-electron chi connectivity index (χ3n) is 4.50. The number of aromatic nitrogens is 2. The molecule has 3 aromatic rings. The van der Waals surface area contributed by atoms with Gasteiger partial charge >= 0.3 is 12.1 Å². The molecule has 25 heavy (non-hydrogen) atoms. The fourth-order valence-electron chi connectivity index (χ4n) is 3.30. The highest BCUT2D eigenvalue weighted by Gasteiger charge is 2.53. The Bertz CT molecular complexity index is 969. The van der Waals surface area contributed by atoms with Crippen molar-refractivity contribution in [3.63, 3.8) is 0 Å². The molecule has 2 aromatic heterocycles. The molecular formula is C16H12F3N3O3. The van der Waals surface area contributed by atoms with E-state index < -0.39 is 30.5 Å². The molecule has 1 aliphatic heterocycles. The molecule has 6 nitrogen and oxygen atoms in total. The molecule has 0 amide bonds. The van der Waals surface area contributed by atoms with Gasteiger partial charge in [-0.25, -0.2) is 9.97 Å². The van der Waals surface area contributed by atoms with E-state index in [-0.39, 0.29) is 17.9 Å². The van der Waals surface area contributed by atoms with Crippen LogP contribution in [-0.2, 0) is 4.79 Å². The number of fused-ring (bicyclic) bond motifs is 3. The summed E-state index contributed by atoms with van der Waals surface area (Å²) >= 11 is 0. The molecule has 1 saturated heterocycles. The van der Waals surface area contributed by atoms with E-state index in [1.807, 2.05) is 0 Å². The number of hydrogen-bond donors (Lipinski definition) is 1. The number of carbonyl (C=O) groups is 1. The van der Waals surface area contributed by atoms with Crippen LogP contribution in [0.2, 0.25) is 0 Å². The lowest BCUT2D eigenvalue weighted by atomic mass is 9.96. The molecule has 1 aromatic carbocycles. The Morgan fingerprint density at radius 2 is 2.00 bits per heavy atom. The van der Waals surface area contributed by atoms with Crippen molar-refractivity contribution < 1.29 is 27.5 Å². The number of benzene rings is 1. The SMILES string of the molecule is O=C(O)[C@@H]1CN(c2ncnc3c2oc2ccccc23)C[C@H]1C(F)(F)F. The van der Waals surface area contributed by atoms with Crippen LogP contribution < -0.4 is 4.90 Å². The van der Waals surface area contributed by atoms with Gasteiger partial charge in [-0.1, -0.05) is 12.1 Å². The Balaban J connectivity index is 1.81. The van der Waals surface area contributed by atoms with Gasteiger partial charge in [-0.05, 0) is 12.1 Å². The van der Waals surface area contributed by atoms with Gasteiger partial charge in [0.05, 0.1) is 11.8 Å². The molecule has 0 aliphatic carbocycles. The normalized spacial score (nSPS) is 21.3. The second-order valence-electron chi connectivity index (χ2n) is 5.97. The molecule has 0 unspecified atom stereocenters. The highest BCUT2D eigenvalue weighted by Crippen LogP contribution is 2.41. The zero-order chi connectivity index (χ0) is 17.8. The van der Waals surface area contributed by atoms with Gasteiger partial charge in [0.25, 0.3) is 0 Å². The molecule has 1 fully saturated rings. The van der Waals surface area contributed by atoms with Crippen molar-refractivity contribution in [3.05, 3.63) is 30.6 Å². The quantitative estimate of drug-likeness (QED) is 0.764. The summed E-state index contributed by atoms with van der Waals surface area (Å²) in [5.41, 5.74) is 1.29. The Hall–Kier alpha value is -2.84. The molecule has 1 N–H and O–H groups in total. The lowest BCUT2D eigenvalue weighted by Gasteiger charge is -2.18. The minimum absolute atomic E-state index is 0.180. The molecule has 3 heterocycles. The summed E-state index contributed by atoms with van der Waals surface area (Å²) < 4.78 is 45.3. The number of anilines is 1. The number of furan rings is 1. The second kappa shape index (κ2) is 5.33. The third kappa shape index (κ3) is 2.46. The molecule has 4 rings (SSSR count). The highest BCUT2D eigenvalue weighted by atomic mass is 19.4. The van der Waals surface area contributed by atoms with Crippen molar-refractivity contribution in [3.8, 4) is 0 Å². The number of hydrogen-bond acceptors (Lipinski definition) is 5. The number of carboxylic acids is 1. The van der Waals surface area contributed by atoms with Crippen LogP contribution >= 0.6 is 0 Å². The van der Waals surface area contributed by atoms with Gasteiger partial charge in [0.2, 0.25) is 0 Å². The average molecular weight is 351 g/mol. The zero-order valence-corrected chi connectivity index (χ0v) is 12.7. The number of carboxylic acid groups (broad SMARTS) is 1. The average Bonchev–Trinajstić information content (AvgIpc) is 3.16. The number of halogens is 3. The number of nitrogens with zero attached hydrogens (tertiary/aromatic N) is 3. The van der Waals surface area contributed by atoms with Gasteiger partial charge in [0.1, 0.15) is 17.4 Å². The van der Waals surface area contributed by atoms with Gasteiger partial charge in [-0.2, -0.15) is 13.2 Å². The molecule has 0 spiro atoms. The number of para-hydroxylation sites is 1. The minimum atomic E-state index is -4.60. The van der Waals surface area contributed by atoms with Crippen LogP contribution in [0.25, 0.3) is 22.1 Å². The maximum atomic E-state index is 13.2. The standard InChI is InChI=1S/C16H12F3N3O3/c17-16(18,19)10-6-22(5-9(10)15(23)24)14-13-12(20-7-21-14)8-3-1-2-4-11(8)25-13/h1-4,7,9-10H,5-6H2,(H,23,24)/t9-,10-/m1/s1. The largest absolute Gasteiger partial charge is 0.481 e. The Labute approximate surface area is 138 Å². The summed E-state index contributed by atoms with van der Waals surface area (Å²) in [5.74, 6) is -4.80. The maximum Gasteiger partial charge on any atom is 0.394 e. The number of rotatable bonds is 2. The van der Waals surface area contributed by atoms with Crippen molar-refractivity contribution in [1.82, 2.24) is 9.97 Å². The maximum absolute atomic E-state index is 13.2. The Kier molecular flexibility index (Phi) is 3.34. The van der Waals surface area contributed by atoms with Crippen LogP contribution in [0.3, 0.4) is 0 Å². The van der Waals surface area contributed by atoms with Crippen molar-refractivity contribution >= 4 is 33.9 Å². The van der Waals surface area contributed by atoms with Gasteiger partial charge in [0, 0.05) is 18.5 Å². The van der Waals surface area contributed by atoms with Gasteiger partial charge in [0.15, 0.2) is 11.4 Å². The number of alkyl halides is 3. The lowest BCUT2D eigenvalue weighted by Crippen LogP contribution is -2.33. The van der Waals surface area contributed by atoms with E-state index in [0.29, 0.717) is 11.1 Å². The van der Waals surface area contributed by atoms with Gasteiger partial charge in [-0.3, -0.25) is 4.79 Å². The molecule has 1 aliphatic rings. The van der Waals surface area contributed by atoms with Crippen LogP contribution in [0.4, 0.5) is 19.0 Å². The molecule has 0 saturated carbocycles. The van der Waals surface area contributed by atoms with Crippen molar-refractivity contribution in [2.24, 2.45) is 11.8 Å². The van der Waals surface area contributed by atoms with Crippen molar-refractivity contribution in [2.75, 3.05) is 18.0 Å². The number of aliphatic carboxylic acids is 1. The van der Waals surface area contributed by atoms with Crippen molar-refractivity contribution in [1.29, 1.82) is 0 Å². The molecule has 2 atom stereocenters. The first-order chi connectivity index (χ1) is 11.9. The van der Waals surface area contributed by atoms with E-state index in [1.54, 1.807) is 24.3 Å². The van der Waals surface area contributed by atoms with Gasteiger partial charge < -0.3 is 14.4 Å². The fourth-order valence-corrected chi connectivity index (χ4v) is 3.30. The van der Waals surface area contributed by atoms with E-state index in [1.165, 1.54) is 11.2 Å². The lowest BCUT2D eigenvalue weighted by molar-refractivity contribution is -0.187. The molecule has 9 heteroatoms. The first-order valence-corrected chi connectivity index (χ1v) is 7.53. The summed E-state index contributed by atoms with van der Waals surface area (Å²) in [4.78, 5) is 20.8. The van der Waals surface area contributed by atoms with Crippen LogP contribution in [0, 0.1) is 11.8 Å². The predicted molar refractivity (Wildman–Crippen MR) is 82.2 cm³/mol. The molecule has 0 bridgehead atoms. The summed E-state index contributed by atoms with van der Waals surface area (Å²) in [5, 5.41) is 9.88. The third-order valence-corrected chi connectivity index (χ3v) is 4.50. The topological polar surface area (TPSA) is 79.5 Å². The highest BCUT2D eigenvalue weighted by molar-refractivity contribution is 6.05. The van der Waals surface area contributed by atoms with Crippen LogP contribution in [0.5, 0.6) is 0 Å². The van der Waals surface area contributed by atoms with Crippen LogP contribution in [0.1, 0.15) is 0 Å². The van der Waals surface area contributed by atoms with E-state index in [9.17, 15) is 18.0 Å². The minimum Gasteiger partial charge on any atom is -0.481 e. The molecular weight excluding hydrogens is 339 g/mol. The van der Waals surface area contributed by atoms with E-state index >= 15 is 0 Å². The summed E-state index contributed by atoms with van der Waals surface area (Å²) in [7, 11) is 0. The predicted octanol–water partition coefficient (Wildman–Crippen LogP) is 3.08. The summed E-state index contributed by atoms with van der Waals surface area (Å²) in [6.45, 7) is -0.772. The molecule has 130 valence electrons. The van der Waals surface area contributed by atoms with Crippen molar-refractivity contribution in [2.45, 2.75) is 6.18 Å². The Morgan fingerprint density at radius 1 is 1.24 bits per heavy atom. The van der Waals surface area contributed by atoms with Crippen LogP contribution in [-0.4, -0.2) is 40.3 Å². The first-order valence-electron chi connectivity index (χ1n) is 7.53. The van der Waals surface area contributed by atoms with Crippen LogP contribution in [0.15, 0.2) is 35.0 Å². The van der Waals surface area contributed by atoms with Gasteiger partial charge in [-0.15, -0.1) is 0 Å². The summed E-state index contributed by atoms with van der Waals surface area (Å²) in [6.07, 6.45) is -3.35.